The van der Waals surface area contributed by atoms with Gasteiger partial charge in [0.2, 0.25) is 0 Å². The van der Waals surface area contributed by atoms with Gasteiger partial charge in [0.15, 0.2) is 5.96 Å². The maximum atomic E-state index is 11.2. The Labute approximate surface area is 164 Å². The Balaban J connectivity index is 2.11. The van der Waals surface area contributed by atoms with Gasteiger partial charge in [0.05, 0.1) is 24.2 Å². The van der Waals surface area contributed by atoms with E-state index in [0.29, 0.717) is 24.4 Å². The van der Waals surface area contributed by atoms with E-state index in [1.807, 2.05) is 44.2 Å². The van der Waals surface area contributed by atoms with Crippen molar-refractivity contribution in [3.8, 4) is 11.8 Å². The molecule has 0 saturated carbocycles. The third-order valence-corrected chi connectivity index (χ3v) is 4.90. The molecule has 0 saturated heterocycles. The fourth-order valence-corrected chi connectivity index (χ4v) is 3.51. The van der Waals surface area contributed by atoms with Crippen LogP contribution in [-0.4, -0.2) is 35.9 Å². The Morgan fingerprint density at radius 3 is 2.61 bits per heavy atom. The van der Waals surface area contributed by atoms with E-state index >= 15 is 0 Å². The number of hydrogen-bond donors (Lipinski definition) is 3. The van der Waals surface area contributed by atoms with Gasteiger partial charge in [-0.3, -0.25) is 4.99 Å². The number of aliphatic imine (C=N–C) groups is 1. The lowest BCUT2D eigenvalue weighted by atomic mass is 9.84. The maximum absolute atomic E-state index is 11.2. The molecule has 28 heavy (non-hydrogen) atoms. The molecule has 7 nitrogen and oxygen atoms in total. The van der Waals surface area contributed by atoms with Crippen LogP contribution in [0.1, 0.15) is 31.0 Å². The Bertz CT molecular complexity index is 901. The number of guanidine groups is 1. The summed E-state index contributed by atoms with van der Waals surface area (Å²) in [5.41, 5.74) is 12.4. The predicted octanol–water partition coefficient (Wildman–Crippen LogP) is 1.91. The zero-order valence-electron chi connectivity index (χ0n) is 16.0. The van der Waals surface area contributed by atoms with Gasteiger partial charge in [-0.15, -0.1) is 0 Å². The van der Waals surface area contributed by atoms with E-state index in [0.717, 1.165) is 11.3 Å². The highest BCUT2D eigenvalue weighted by atomic mass is 16.5. The largest absolute Gasteiger partial charge is 0.485 e. The number of fused-ring (bicyclic) bond motifs is 1. The van der Waals surface area contributed by atoms with Crippen LogP contribution in [0.3, 0.4) is 0 Å². The first-order valence-electron chi connectivity index (χ1n) is 9.11. The summed E-state index contributed by atoms with van der Waals surface area (Å²) in [6, 6.07) is 16.8. The number of rotatable bonds is 5. The summed E-state index contributed by atoms with van der Waals surface area (Å²) in [6.07, 6.45) is -0.839. The molecule has 0 aromatic heterocycles. The van der Waals surface area contributed by atoms with E-state index in [2.05, 4.69) is 16.0 Å². The molecule has 1 aliphatic rings. The molecule has 146 valence electrons. The van der Waals surface area contributed by atoms with E-state index in [1.54, 1.807) is 18.2 Å². The Morgan fingerprint density at radius 2 is 1.96 bits per heavy atom. The van der Waals surface area contributed by atoms with Crippen LogP contribution in [0.15, 0.2) is 53.5 Å². The zero-order valence-corrected chi connectivity index (χ0v) is 16.0. The van der Waals surface area contributed by atoms with Crippen LogP contribution in [0.5, 0.6) is 5.75 Å². The Kier molecular flexibility index (Phi) is 5.43. The van der Waals surface area contributed by atoms with Crippen LogP contribution in [0, 0.1) is 11.3 Å². The molecule has 2 aromatic carbocycles. The van der Waals surface area contributed by atoms with Crippen molar-refractivity contribution in [2.24, 2.45) is 16.5 Å². The van der Waals surface area contributed by atoms with E-state index < -0.39 is 17.7 Å². The van der Waals surface area contributed by atoms with Gasteiger partial charge < -0.3 is 26.2 Å². The van der Waals surface area contributed by atoms with Crippen molar-refractivity contribution in [1.82, 2.24) is 0 Å². The molecule has 0 fully saturated rings. The standard InChI is InChI=1S/C21H25N5O2/c1-21(2)19(27)18(16-12-14(13-22)8-9-17(16)28-21)26(11-10-25-20(23)24)15-6-4-3-5-7-15/h3-9,12,18-19,27H,10-11H2,1-2H3,(H4,23,24,25). The van der Waals surface area contributed by atoms with Gasteiger partial charge in [0.1, 0.15) is 17.5 Å². The van der Waals surface area contributed by atoms with Gasteiger partial charge in [-0.05, 0) is 44.2 Å². The van der Waals surface area contributed by atoms with Gasteiger partial charge in [0, 0.05) is 17.8 Å². The monoisotopic (exact) mass is 379 g/mol. The molecule has 0 amide bonds. The van der Waals surface area contributed by atoms with Crippen molar-refractivity contribution in [2.75, 3.05) is 18.0 Å². The minimum atomic E-state index is -0.839. The van der Waals surface area contributed by atoms with Gasteiger partial charge in [-0.1, -0.05) is 18.2 Å². The van der Waals surface area contributed by atoms with Crippen molar-refractivity contribution in [3.63, 3.8) is 0 Å². The maximum Gasteiger partial charge on any atom is 0.185 e. The Hall–Kier alpha value is -3.24. The first-order chi connectivity index (χ1) is 13.3. The van der Waals surface area contributed by atoms with Crippen LogP contribution >= 0.6 is 0 Å². The summed E-state index contributed by atoms with van der Waals surface area (Å²) in [4.78, 5) is 6.16. The molecule has 3 rings (SSSR count). The SMILES string of the molecule is CC1(C)Oc2ccc(C#N)cc2C(N(CCN=C(N)N)c2ccccc2)C1O. The molecule has 0 spiro atoms. The minimum Gasteiger partial charge on any atom is -0.485 e. The van der Waals surface area contributed by atoms with Gasteiger partial charge in [-0.2, -0.15) is 5.26 Å². The number of anilines is 1. The number of nitrogens with zero attached hydrogens (tertiary/aromatic N) is 3. The third kappa shape index (κ3) is 3.87. The fourth-order valence-electron chi connectivity index (χ4n) is 3.51. The second kappa shape index (κ2) is 7.79. The normalized spacial score (nSPS) is 19.6. The summed E-state index contributed by atoms with van der Waals surface area (Å²) in [5.74, 6) is 0.676. The van der Waals surface area contributed by atoms with E-state index in [-0.39, 0.29) is 5.96 Å². The predicted molar refractivity (Wildman–Crippen MR) is 109 cm³/mol. The summed E-state index contributed by atoms with van der Waals surface area (Å²) in [5, 5.41) is 20.6. The second-order valence-electron chi connectivity index (χ2n) is 7.30. The first-order valence-corrected chi connectivity index (χ1v) is 9.11. The third-order valence-electron chi connectivity index (χ3n) is 4.90. The molecule has 5 N–H and O–H groups in total. The Morgan fingerprint density at radius 1 is 1.25 bits per heavy atom. The molecular formula is C21H25N5O2. The summed E-state index contributed by atoms with van der Waals surface area (Å²) in [7, 11) is 0. The number of nitrogens with two attached hydrogens (primary N) is 2. The number of benzene rings is 2. The number of nitriles is 1. The first kappa shape index (κ1) is 19.5. The highest BCUT2D eigenvalue weighted by Gasteiger charge is 2.45. The molecule has 2 unspecified atom stereocenters. The number of aliphatic hydroxyl groups excluding tert-OH is 1. The lowest BCUT2D eigenvalue weighted by Crippen LogP contribution is -2.54. The molecule has 7 heteroatoms. The molecule has 1 heterocycles. The second-order valence-corrected chi connectivity index (χ2v) is 7.30. The zero-order chi connectivity index (χ0) is 20.3. The highest BCUT2D eigenvalue weighted by molar-refractivity contribution is 5.75. The fraction of sp³-hybridized carbons (Fsp3) is 0.333. The van der Waals surface area contributed by atoms with Crippen LogP contribution in [0.2, 0.25) is 0 Å². The topological polar surface area (TPSA) is 121 Å². The highest BCUT2D eigenvalue weighted by Crippen LogP contribution is 2.44. The van der Waals surface area contributed by atoms with Gasteiger partial charge in [-0.25, -0.2) is 0 Å². The molecule has 2 atom stereocenters. The van der Waals surface area contributed by atoms with Crippen LogP contribution in [0.4, 0.5) is 5.69 Å². The summed E-state index contributed by atoms with van der Waals surface area (Å²) >= 11 is 0. The van der Waals surface area contributed by atoms with Crippen molar-refractivity contribution in [1.29, 1.82) is 5.26 Å². The number of para-hydroxylation sites is 1. The number of aliphatic hydroxyl groups is 1. The molecule has 0 bridgehead atoms. The van der Waals surface area contributed by atoms with E-state index in [9.17, 15) is 10.4 Å². The van der Waals surface area contributed by atoms with Crippen molar-refractivity contribution < 1.29 is 9.84 Å². The number of ether oxygens (including phenoxy) is 1. The lowest BCUT2D eigenvalue weighted by molar-refractivity contribution is -0.0586. The van der Waals surface area contributed by atoms with Crippen LogP contribution in [-0.2, 0) is 0 Å². The average Bonchev–Trinajstić information content (AvgIpc) is 2.67. The van der Waals surface area contributed by atoms with E-state index in [4.69, 9.17) is 16.2 Å². The van der Waals surface area contributed by atoms with Crippen molar-refractivity contribution >= 4 is 11.6 Å². The summed E-state index contributed by atoms with van der Waals surface area (Å²) in [6.45, 7) is 4.56. The van der Waals surface area contributed by atoms with Crippen molar-refractivity contribution in [2.45, 2.75) is 31.6 Å². The molecule has 0 aliphatic carbocycles. The van der Waals surface area contributed by atoms with Gasteiger partial charge in [0.25, 0.3) is 0 Å². The molecule has 1 aliphatic heterocycles. The van der Waals surface area contributed by atoms with Crippen LogP contribution in [0.25, 0.3) is 0 Å². The quantitative estimate of drug-likeness (QED) is 0.539. The molecule has 0 radical (unpaired) electrons. The average molecular weight is 379 g/mol. The smallest absolute Gasteiger partial charge is 0.185 e. The van der Waals surface area contributed by atoms with Crippen LogP contribution < -0.4 is 21.1 Å². The molecular weight excluding hydrogens is 354 g/mol. The van der Waals surface area contributed by atoms with Crippen molar-refractivity contribution in [3.05, 3.63) is 59.7 Å². The summed E-state index contributed by atoms with van der Waals surface area (Å²) < 4.78 is 6.04. The lowest BCUT2D eigenvalue weighted by Gasteiger charge is -2.47. The van der Waals surface area contributed by atoms with E-state index in [1.165, 1.54) is 0 Å². The number of hydrogen-bond acceptors (Lipinski definition) is 5. The minimum absolute atomic E-state index is 0.0213. The van der Waals surface area contributed by atoms with Gasteiger partial charge >= 0.3 is 0 Å². The molecule has 2 aromatic rings.